The molecule has 0 fully saturated rings. The van der Waals surface area contributed by atoms with E-state index in [0.717, 1.165) is 22.3 Å². The van der Waals surface area contributed by atoms with Crippen LogP contribution >= 0.6 is 0 Å². The van der Waals surface area contributed by atoms with E-state index < -0.39 is 23.6 Å². The Balaban J connectivity index is 1.35. The first-order chi connectivity index (χ1) is 20.9. The molecule has 0 aliphatic heterocycles. The van der Waals surface area contributed by atoms with E-state index in [2.05, 4.69) is 32.3 Å². The zero-order chi connectivity index (χ0) is 32.2. The van der Waals surface area contributed by atoms with E-state index in [9.17, 15) is 28.8 Å². The Kier molecular flexibility index (Phi) is 11.7. The fourth-order valence-corrected chi connectivity index (χ4v) is 3.92. The number of benzene rings is 3. The van der Waals surface area contributed by atoms with Crippen LogP contribution in [0.4, 0.5) is 11.4 Å². The summed E-state index contributed by atoms with van der Waals surface area (Å²) in [4.78, 5) is 73.4. The van der Waals surface area contributed by atoms with Crippen molar-refractivity contribution >= 4 is 46.8 Å². The molecule has 12 nitrogen and oxygen atoms in total. The van der Waals surface area contributed by atoms with E-state index in [1.807, 2.05) is 64.1 Å². The molecule has 0 aromatic heterocycles. The van der Waals surface area contributed by atoms with Gasteiger partial charge in [-0.15, -0.1) is 0 Å². The minimum absolute atomic E-state index is 0.0737. The number of amides is 6. The van der Waals surface area contributed by atoms with Crippen molar-refractivity contribution in [2.24, 2.45) is 0 Å². The fourth-order valence-electron chi connectivity index (χ4n) is 3.92. The first-order valence-electron chi connectivity index (χ1n) is 13.9. The molecular weight excluding hydrogens is 564 g/mol. The van der Waals surface area contributed by atoms with Crippen LogP contribution in [0, 0.1) is 27.7 Å². The number of carbonyl (C=O) groups excluding carboxylic acids is 6. The number of rotatable bonds is 10. The molecule has 0 heterocycles. The highest BCUT2D eigenvalue weighted by molar-refractivity contribution is 5.99. The number of nitrogens with one attached hydrogen (secondary N) is 6. The zero-order valence-corrected chi connectivity index (χ0v) is 25.1. The smallest absolute Gasteiger partial charge is 0.269 e. The average Bonchev–Trinajstić information content (AvgIpc) is 3.00. The Labute approximate surface area is 255 Å². The molecule has 3 aromatic carbocycles. The van der Waals surface area contributed by atoms with Crippen molar-refractivity contribution in [3.05, 3.63) is 94.0 Å². The standard InChI is InChI=1S/C32H36N6O6/c1-19-5-7-21(3)25(17-19)33-27(39)13-15-29(41)35-37-31(43)23-9-11-24(12-10-23)32(44)38-36-30(42)16-14-28(40)34-26-18-20(2)6-8-22(26)4/h5-12,17-18H,13-16H2,1-4H3,(H,33,39)(H,34,40)(H,35,41)(H,36,42)(H,37,43)(H,38,44). The molecule has 6 N–H and O–H groups in total. The molecule has 0 aliphatic rings. The molecule has 230 valence electrons. The van der Waals surface area contributed by atoms with Gasteiger partial charge in [-0.1, -0.05) is 24.3 Å². The van der Waals surface area contributed by atoms with Gasteiger partial charge in [0.05, 0.1) is 0 Å². The van der Waals surface area contributed by atoms with Gasteiger partial charge in [0.25, 0.3) is 11.8 Å². The highest BCUT2D eigenvalue weighted by atomic mass is 16.2. The molecule has 0 aliphatic carbocycles. The second kappa shape index (κ2) is 15.6. The van der Waals surface area contributed by atoms with Crippen molar-refractivity contribution < 1.29 is 28.8 Å². The van der Waals surface area contributed by atoms with E-state index in [1.54, 1.807) is 0 Å². The van der Waals surface area contributed by atoms with Gasteiger partial charge in [-0.25, -0.2) is 0 Å². The fraction of sp³-hybridized carbons (Fsp3) is 0.250. The normalized spacial score (nSPS) is 10.3. The van der Waals surface area contributed by atoms with Crippen LogP contribution in [0.1, 0.15) is 68.7 Å². The van der Waals surface area contributed by atoms with Crippen LogP contribution in [0.25, 0.3) is 0 Å². The van der Waals surface area contributed by atoms with Crippen LogP contribution < -0.4 is 32.3 Å². The van der Waals surface area contributed by atoms with Gasteiger partial charge in [0.15, 0.2) is 0 Å². The van der Waals surface area contributed by atoms with Crippen LogP contribution in [0.3, 0.4) is 0 Å². The van der Waals surface area contributed by atoms with Gasteiger partial charge in [-0.3, -0.25) is 50.5 Å². The predicted octanol–water partition coefficient (Wildman–Crippen LogP) is 3.28. The summed E-state index contributed by atoms with van der Waals surface area (Å²) in [5.74, 6) is -3.02. The Morgan fingerprint density at radius 3 is 1.16 bits per heavy atom. The SMILES string of the molecule is Cc1ccc(C)c(NC(=O)CCC(=O)NNC(=O)c2ccc(C(=O)NNC(=O)CCC(=O)Nc3cc(C)ccc3C)cc2)c1. The van der Waals surface area contributed by atoms with Crippen molar-refractivity contribution in [1.29, 1.82) is 0 Å². The van der Waals surface area contributed by atoms with Crippen LogP contribution in [0.2, 0.25) is 0 Å². The Hall–Kier alpha value is -5.52. The third-order valence-electron chi connectivity index (χ3n) is 6.53. The number of hydrogen-bond donors (Lipinski definition) is 6. The summed E-state index contributed by atoms with van der Waals surface area (Å²) in [5, 5.41) is 5.54. The van der Waals surface area contributed by atoms with Gasteiger partial charge >= 0.3 is 0 Å². The maximum atomic E-state index is 12.4. The lowest BCUT2D eigenvalue weighted by molar-refractivity contribution is -0.125. The van der Waals surface area contributed by atoms with E-state index >= 15 is 0 Å². The van der Waals surface area contributed by atoms with Crippen LogP contribution in [0.15, 0.2) is 60.7 Å². The van der Waals surface area contributed by atoms with Gasteiger partial charge in [0.2, 0.25) is 23.6 Å². The Morgan fingerprint density at radius 1 is 0.455 bits per heavy atom. The molecule has 0 saturated heterocycles. The third kappa shape index (κ3) is 10.4. The zero-order valence-electron chi connectivity index (χ0n) is 25.1. The highest BCUT2D eigenvalue weighted by Gasteiger charge is 2.14. The summed E-state index contributed by atoms with van der Waals surface area (Å²) < 4.78 is 0. The van der Waals surface area contributed by atoms with E-state index in [0.29, 0.717) is 11.4 Å². The van der Waals surface area contributed by atoms with Crippen molar-refractivity contribution in [3.63, 3.8) is 0 Å². The number of aryl methyl sites for hydroxylation is 4. The van der Waals surface area contributed by atoms with Gasteiger partial charge in [-0.05, 0) is 86.3 Å². The Bertz CT molecular complexity index is 1450. The lowest BCUT2D eigenvalue weighted by atomic mass is 10.1. The van der Waals surface area contributed by atoms with Crippen LogP contribution in [-0.2, 0) is 19.2 Å². The van der Waals surface area contributed by atoms with Crippen molar-refractivity contribution in [3.8, 4) is 0 Å². The molecule has 12 heteroatoms. The number of hydrogen-bond acceptors (Lipinski definition) is 6. The van der Waals surface area contributed by atoms with Crippen LogP contribution in [0.5, 0.6) is 0 Å². The molecule has 0 unspecified atom stereocenters. The van der Waals surface area contributed by atoms with Gasteiger partial charge in [0, 0.05) is 48.2 Å². The molecule has 0 atom stereocenters. The molecule has 0 radical (unpaired) electrons. The van der Waals surface area contributed by atoms with E-state index in [1.165, 1.54) is 24.3 Å². The van der Waals surface area contributed by atoms with E-state index in [-0.39, 0.29) is 48.6 Å². The largest absolute Gasteiger partial charge is 0.326 e. The summed E-state index contributed by atoms with van der Waals surface area (Å²) in [6, 6.07) is 16.8. The number of anilines is 2. The van der Waals surface area contributed by atoms with Crippen molar-refractivity contribution in [1.82, 2.24) is 21.7 Å². The summed E-state index contributed by atoms with van der Waals surface area (Å²) in [6.07, 6.45) is -0.427. The summed E-state index contributed by atoms with van der Waals surface area (Å²) in [5.41, 5.74) is 14.5. The third-order valence-corrected chi connectivity index (χ3v) is 6.53. The predicted molar refractivity (Wildman–Crippen MR) is 165 cm³/mol. The first kappa shape index (κ1) is 33.0. The van der Waals surface area contributed by atoms with Gasteiger partial charge < -0.3 is 10.6 Å². The minimum Gasteiger partial charge on any atom is -0.326 e. The van der Waals surface area contributed by atoms with Gasteiger partial charge in [-0.2, -0.15) is 0 Å². The molecule has 0 bridgehead atoms. The second-order valence-electron chi connectivity index (χ2n) is 10.3. The van der Waals surface area contributed by atoms with Crippen molar-refractivity contribution in [2.75, 3.05) is 10.6 Å². The molecule has 44 heavy (non-hydrogen) atoms. The molecular formula is C32H36N6O6. The molecule has 0 spiro atoms. The quantitative estimate of drug-likeness (QED) is 0.195. The molecule has 3 aromatic rings. The van der Waals surface area contributed by atoms with Crippen LogP contribution in [-0.4, -0.2) is 35.4 Å². The van der Waals surface area contributed by atoms with Crippen molar-refractivity contribution in [2.45, 2.75) is 53.4 Å². The topological polar surface area (TPSA) is 175 Å². The van der Waals surface area contributed by atoms with E-state index in [4.69, 9.17) is 0 Å². The van der Waals surface area contributed by atoms with Gasteiger partial charge in [0.1, 0.15) is 0 Å². The monoisotopic (exact) mass is 600 g/mol. The number of carbonyl (C=O) groups is 6. The second-order valence-corrected chi connectivity index (χ2v) is 10.3. The lowest BCUT2D eigenvalue weighted by Gasteiger charge is -2.11. The molecule has 3 rings (SSSR count). The highest BCUT2D eigenvalue weighted by Crippen LogP contribution is 2.17. The maximum Gasteiger partial charge on any atom is 0.269 e. The number of hydrazine groups is 2. The average molecular weight is 601 g/mol. The molecule has 0 saturated carbocycles. The summed E-state index contributed by atoms with van der Waals surface area (Å²) in [7, 11) is 0. The minimum atomic E-state index is -0.627. The lowest BCUT2D eigenvalue weighted by Crippen LogP contribution is -2.42. The summed E-state index contributed by atoms with van der Waals surface area (Å²) >= 11 is 0. The maximum absolute atomic E-state index is 12.4. The molecule has 6 amide bonds. The Morgan fingerprint density at radius 2 is 0.795 bits per heavy atom. The first-order valence-corrected chi connectivity index (χ1v) is 13.9. The summed E-state index contributed by atoms with van der Waals surface area (Å²) in [6.45, 7) is 7.56.